The van der Waals surface area contributed by atoms with Gasteiger partial charge in [0.15, 0.2) is 17.5 Å². The Morgan fingerprint density at radius 1 is 0.408 bits per heavy atom. The lowest BCUT2D eigenvalue weighted by atomic mass is 9.92. The van der Waals surface area contributed by atoms with E-state index >= 15 is 0 Å². The Labute approximate surface area is 291 Å². The van der Waals surface area contributed by atoms with Crippen molar-refractivity contribution in [3.63, 3.8) is 0 Å². The third-order valence-corrected chi connectivity index (χ3v) is 9.00. The highest BCUT2D eigenvalue weighted by Gasteiger charge is 2.20. The Morgan fingerprint density at radius 2 is 1.12 bits per heavy atom. The molecule has 0 bridgehead atoms. The Morgan fingerprint density at radius 3 is 2.02 bits per heavy atom. The van der Waals surface area contributed by atoms with Gasteiger partial charge in [0.05, 0.1) is 9.60 Å². The molecule has 0 atom stereocenters. The Kier molecular flexibility index (Phi) is 4.76. The number of nitrogens with zero attached hydrogens (tertiary/aromatic N) is 3. The van der Waals surface area contributed by atoms with E-state index in [-0.39, 0.29) is 33.8 Å². The highest BCUT2D eigenvalue weighted by Crippen LogP contribution is 2.41. The summed E-state index contributed by atoms with van der Waals surface area (Å²) in [5.41, 5.74) is 4.49. The molecule has 2 aromatic heterocycles. The lowest BCUT2D eigenvalue weighted by Crippen LogP contribution is -2.02. The fourth-order valence-electron chi connectivity index (χ4n) is 6.68. The van der Waals surface area contributed by atoms with E-state index in [0.29, 0.717) is 11.1 Å². The van der Waals surface area contributed by atoms with E-state index in [1.165, 1.54) is 0 Å². The van der Waals surface area contributed by atoms with Crippen LogP contribution in [0.1, 0.15) is 9.60 Å². The maximum atomic E-state index is 9.11. The summed E-state index contributed by atoms with van der Waals surface area (Å²) in [4.78, 5) is 14.9. The third kappa shape index (κ3) is 4.57. The molecular formula is C45H27N3O. The Balaban J connectivity index is 1.30. The maximum absolute atomic E-state index is 9.11. The summed E-state index contributed by atoms with van der Waals surface area (Å²) in [6.07, 6.45) is 0. The lowest BCUT2D eigenvalue weighted by Gasteiger charge is -2.15. The number of aromatic nitrogens is 3. The second-order valence-electron chi connectivity index (χ2n) is 11.9. The van der Waals surface area contributed by atoms with Crippen molar-refractivity contribution in [2.24, 2.45) is 0 Å². The minimum Gasteiger partial charge on any atom is -0.456 e. The van der Waals surface area contributed by atoms with Crippen molar-refractivity contribution in [1.29, 1.82) is 0 Å². The number of fused-ring (bicyclic) bond motifs is 6. The van der Waals surface area contributed by atoms with Crippen molar-refractivity contribution >= 4 is 54.3 Å². The van der Waals surface area contributed by atoms with Crippen molar-refractivity contribution in [3.05, 3.63) is 164 Å². The van der Waals surface area contributed by atoms with Crippen LogP contribution in [0.4, 0.5) is 0 Å². The van der Waals surface area contributed by atoms with Gasteiger partial charge in [-0.05, 0) is 67.7 Å². The molecule has 0 aliphatic heterocycles. The number of hydrogen-bond donors (Lipinski definition) is 0. The normalized spacial score (nSPS) is 13.7. The average Bonchev–Trinajstić information content (AvgIpc) is 3.59. The summed E-state index contributed by atoms with van der Waals surface area (Å²) in [5, 5.41) is 5.64. The standard InChI is InChI=1S/C45H27N3O/c1-2-13-30(14-3-1)43-46-44(37-20-10-17-28-11-6-8-18-34(28)37)48-45(47-43)42-35-19-9-7-12-29(35)21-23-36(42)33-22-24-40-38(26-33)39-25-31-15-4-5-16-32(31)27-41(39)49-40/h1-27H/i6D,8D,10D,11D,17D,18D,20D. The number of furan rings is 1. The van der Waals surface area contributed by atoms with E-state index in [9.17, 15) is 0 Å². The van der Waals surface area contributed by atoms with Crippen molar-refractivity contribution in [3.8, 4) is 45.3 Å². The average molecular weight is 633 g/mol. The predicted molar refractivity (Wildman–Crippen MR) is 201 cm³/mol. The summed E-state index contributed by atoms with van der Waals surface area (Å²) in [6.45, 7) is 0. The second-order valence-corrected chi connectivity index (χ2v) is 11.9. The monoisotopic (exact) mass is 632 g/mol. The van der Waals surface area contributed by atoms with Gasteiger partial charge in [0, 0.05) is 27.5 Å². The molecular weight excluding hydrogens is 599 g/mol. The SMILES string of the molecule is [2H]c1c([2H])c([2H])c2c(-c3nc(-c4ccccc4)nc(-c4c(-c5ccc6oc7cc8ccccc8cc7c6c5)ccc5ccccc45)n3)c([2H])c([2H])c([2H])c2c1[2H]. The molecule has 49 heavy (non-hydrogen) atoms. The zero-order chi connectivity index (χ0) is 38.4. The lowest BCUT2D eigenvalue weighted by molar-refractivity contribution is 0.669. The van der Waals surface area contributed by atoms with Crippen LogP contribution < -0.4 is 0 Å². The molecule has 8 aromatic carbocycles. The fraction of sp³-hybridized carbons (Fsp3) is 0. The zero-order valence-electron chi connectivity index (χ0n) is 32.8. The highest BCUT2D eigenvalue weighted by molar-refractivity contribution is 6.12. The van der Waals surface area contributed by atoms with E-state index in [4.69, 9.17) is 29.0 Å². The molecule has 0 aliphatic rings. The van der Waals surface area contributed by atoms with Crippen LogP contribution in [0.15, 0.2) is 168 Å². The molecule has 0 unspecified atom stereocenters. The molecule has 0 spiro atoms. The Bertz CT molecular complexity index is 3280. The molecule has 0 fully saturated rings. The Hall–Kier alpha value is -6.65. The fourth-order valence-corrected chi connectivity index (χ4v) is 6.68. The molecule has 4 nitrogen and oxygen atoms in total. The van der Waals surface area contributed by atoms with Gasteiger partial charge in [0.25, 0.3) is 0 Å². The van der Waals surface area contributed by atoms with Gasteiger partial charge >= 0.3 is 0 Å². The van der Waals surface area contributed by atoms with Gasteiger partial charge in [-0.25, -0.2) is 15.0 Å². The molecule has 0 aliphatic carbocycles. The van der Waals surface area contributed by atoms with Crippen molar-refractivity contribution in [1.82, 2.24) is 15.0 Å². The van der Waals surface area contributed by atoms with Gasteiger partial charge in [-0.3, -0.25) is 0 Å². The summed E-state index contributed by atoms with van der Waals surface area (Å²) in [6, 6.07) is 36.4. The van der Waals surface area contributed by atoms with Crippen LogP contribution in [0.3, 0.4) is 0 Å². The second kappa shape index (κ2) is 11.0. The molecule has 0 saturated heterocycles. The van der Waals surface area contributed by atoms with Gasteiger partial charge in [-0.2, -0.15) is 0 Å². The smallest absolute Gasteiger partial charge is 0.165 e. The zero-order valence-corrected chi connectivity index (χ0v) is 25.8. The summed E-state index contributed by atoms with van der Waals surface area (Å²) < 4.78 is 67.3. The molecule has 4 heteroatoms. The molecule has 228 valence electrons. The maximum Gasteiger partial charge on any atom is 0.165 e. The van der Waals surface area contributed by atoms with Gasteiger partial charge in [-0.1, -0.05) is 139 Å². The van der Waals surface area contributed by atoms with Gasteiger partial charge in [0.1, 0.15) is 11.2 Å². The van der Waals surface area contributed by atoms with Crippen molar-refractivity contribution in [2.75, 3.05) is 0 Å². The number of rotatable bonds is 4. The van der Waals surface area contributed by atoms with Gasteiger partial charge < -0.3 is 4.42 Å². The predicted octanol–water partition coefficient (Wildman–Crippen LogP) is 11.9. The summed E-state index contributed by atoms with van der Waals surface area (Å²) >= 11 is 0. The largest absolute Gasteiger partial charge is 0.456 e. The quantitative estimate of drug-likeness (QED) is 0.194. The molecule has 10 aromatic rings. The molecule has 0 amide bonds. The first-order valence-electron chi connectivity index (χ1n) is 19.4. The molecule has 0 saturated carbocycles. The third-order valence-electron chi connectivity index (χ3n) is 9.00. The molecule has 10 rings (SSSR count). The molecule has 0 radical (unpaired) electrons. The minimum absolute atomic E-state index is 0.0515. The minimum atomic E-state index is -0.531. The molecule has 2 heterocycles. The van der Waals surface area contributed by atoms with E-state index in [1.807, 2.05) is 91.0 Å². The van der Waals surface area contributed by atoms with Crippen LogP contribution in [-0.4, -0.2) is 15.0 Å². The van der Waals surface area contributed by atoms with E-state index < -0.39 is 42.3 Å². The first-order chi connectivity index (χ1) is 27.2. The van der Waals surface area contributed by atoms with Gasteiger partial charge in [-0.15, -0.1) is 0 Å². The highest BCUT2D eigenvalue weighted by atomic mass is 16.3. The first kappa shape index (κ1) is 21.3. The van der Waals surface area contributed by atoms with Crippen LogP contribution in [0, 0.1) is 0 Å². The number of benzene rings is 8. The topological polar surface area (TPSA) is 51.8 Å². The summed E-state index contributed by atoms with van der Waals surface area (Å²) in [7, 11) is 0. The van der Waals surface area contributed by atoms with Crippen LogP contribution in [0.2, 0.25) is 0 Å². The molecule has 0 N–H and O–H groups in total. The first-order valence-corrected chi connectivity index (χ1v) is 15.9. The van der Waals surface area contributed by atoms with Crippen LogP contribution in [0.25, 0.3) is 99.5 Å². The summed E-state index contributed by atoms with van der Waals surface area (Å²) in [5.74, 6) is 0.477. The van der Waals surface area contributed by atoms with E-state index in [0.717, 1.165) is 54.6 Å². The van der Waals surface area contributed by atoms with Crippen molar-refractivity contribution in [2.45, 2.75) is 0 Å². The van der Waals surface area contributed by atoms with Crippen LogP contribution in [-0.2, 0) is 0 Å². The van der Waals surface area contributed by atoms with E-state index in [2.05, 4.69) is 30.3 Å². The van der Waals surface area contributed by atoms with E-state index in [1.54, 1.807) is 0 Å². The van der Waals surface area contributed by atoms with Crippen molar-refractivity contribution < 1.29 is 14.0 Å². The van der Waals surface area contributed by atoms with Gasteiger partial charge in [0.2, 0.25) is 0 Å². The van der Waals surface area contributed by atoms with Crippen LogP contribution in [0.5, 0.6) is 0 Å². The van der Waals surface area contributed by atoms with Crippen LogP contribution >= 0.6 is 0 Å². The number of hydrogen-bond acceptors (Lipinski definition) is 4.